The summed E-state index contributed by atoms with van der Waals surface area (Å²) in [6, 6.07) is 7.31. The lowest BCUT2D eigenvalue weighted by Gasteiger charge is -2.57. The van der Waals surface area contributed by atoms with Crippen molar-refractivity contribution in [1.29, 1.82) is 0 Å². The molecule has 1 saturated heterocycles. The molecule has 5 nitrogen and oxygen atoms in total. The van der Waals surface area contributed by atoms with Crippen molar-refractivity contribution in [2.24, 2.45) is 23.2 Å². The number of hydrogen-bond acceptors (Lipinski definition) is 4. The molecule has 1 aromatic carbocycles. The largest absolute Gasteiger partial charge is 0.352 e. The lowest BCUT2D eigenvalue weighted by atomic mass is 9.49. The van der Waals surface area contributed by atoms with E-state index in [1.54, 1.807) is 12.1 Å². The van der Waals surface area contributed by atoms with Crippen molar-refractivity contribution in [3.8, 4) is 0 Å². The summed E-state index contributed by atoms with van der Waals surface area (Å²) in [5.41, 5.74) is 0.413. The summed E-state index contributed by atoms with van der Waals surface area (Å²) >= 11 is 0. The number of carbonyl (C=O) groups excluding carboxylic acids is 1. The molecule has 4 bridgehead atoms. The van der Waals surface area contributed by atoms with Crippen LogP contribution in [0.4, 0.5) is 14.6 Å². The Bertz CT molecular complexity index is 983. The predicted molar refractivity (Wildman–Crippen MR) is 114 cm³/mol. The molecule has 4 aliphatic carbocycles. The van der Waals surface area contributed by atoms with E-state index in [4.69, 9.17) is 0 Å². The van der Waals surface area contributed by atoms with Crippen molar-refractivity contribution in [2.75, 3.05) is 31.1 Å². The Kier molecular flexibility index (Phi) is 4.44. The second kappa shape index (κ2) is 7.10. The van der Waals surface area contributed by atoms with Crippen LogP contribution in [0.3, 0.4) is 0 Å². The van der Waals surface area contributed by atoms with Gasteiger partial charge in [-0.25, -0.2) is 18.7 Å². The molecule has 0 radical (unpaired) electrons. The second-order valence-corrected chi connectivity index (χ2v) is 10.2. The molecule has 31 heavy (non-hydrogen) atoms. The van der Waals surface area contributed by atoms with Gasteiger partial charge in [0.15, 0.2) is 5.82 Å². The average molecular weight is 427 g/mol. The van der Waals surface area contributed by atoms with Gasteiger partial charge < -0.3 is 9.80 Å². The first-order chi connectivity index (χ1) is 15.0. The molecule has 2 heterocycles. The maximum absolute atomic E-state index is 13.6. The lowest BCUT2D eigenvalue weighted by Crippen LogP contribution is -2.58. The van der Waals surface area contributed by atoms with Crippen LogP contribution < -0.4 is 4.90 Å². The molecule has 0 atom stereocenters. The smallest absolute Gasteiger partial charge is 0.297 e. The van der Waals surface area contributed by atoms with Crippen LogP contribution in [0, 0.1) is 23.2 Å². The van der Waals surface area contributed by atoms with Gasteiger partial charge in [-0.2, -0.15) is 0 Å². The third-order valence-corrected chi connectivity index (χ3v) is 8.15. The van der Waals surface area contributed by atoms with Gasteiger partial charge in [-0.3, -0.25) is 4.79 Å². The summed E-state index contributed by atoms with van der Waals surface area (Å²) in [6.45, 7) is 2.48. The number of amides is 1. The third kappa shape index (κ3) is 3.19. The molecule has 7 rings (SSSR count). The quantitative estimate of drug-likeness (QED) is 0.729. The molecule has 164 valence electrons. The van der Waals surface area contributed by atoms with Crippen LogP contribution in [-0.2, 0) is 4.79 Å². The number of rotatable bonds is 3. The highest BCUT2D eigenvalue weighted by atomic mass is 19.3. The second-order valence-electron chi connectivity index (χ2n) is 10.2. The fourth-order valence-corrected chi connectivity index (χ4v) is 7.25. The van der Waals surface area contributed by atoms with Crippen LogP contribution in [0.5, 0.6) is 0 Å². The van der Waals surface area contributed by atoms with Gasteiger partial charge in [0.2, 0.25) is 5.91 Å². The summed E-state index contributed by atoms with van der Waals surface area (Å²) in [5.74, 6) is 2.72. The first-order valence-corrected chi connectivity index (χ1v) is 11.6. The van der Waals surface area contributed by atoms with Crippen molar-refractivity contribution in [3.63, 3.8) is 0 Å². The number of aromatic nitrogens is 2. The van der Waals surface area contributed by atoms with Crippen LogP contribution in [0.25, 0.3) is 10.9 Å². The summed E-state index contributed by atoms with van der Waals surface area (Å²) < 4.78 is 26.7. The van der Waals surface area contributed by atoms with Crippen molar-refractivity contribution in [3.05, 3.63) is 30.1 Å². The van der Waals surface area contributed by atoms with Crippen LogP contribution in [-0.4, -0.2) is 47.0 Å². The molecular weight excluding hydrogens is 398 g/mol. The summed E-state index contributed by atoms with van der Waals surface area (Å²) in [4.78, 5) is 26.0. The molecule has 0 unspecified atom stereocenters. The van der Waals surface area contributed by atoms with Crippen LogP contribution in [0.2, 0.25) is 0 Å². The molecule has 0 spiro atoms. The van der Waals surface area contributed by atoms with Gasteiger partial charge in [-0.05, 0) is 68.4 Å². The lowest BCUT2D eigenvalue weighted by molar-refractivity contribution is -0.158. The zero-order valence-electron chi connectivity index (χ0n) is 17.6. The first kappa shape index (κ1) is 19.4. The number of anilines is 1. The Hall–Kier alpha value is -2.31. The van der Waals surface area contributed by atoms with Gasteiger partial charge in [0, 0.05) is 31.6 Å². The minimum atomic E-state index is -2.71. The Labute approximate surface area is 180 Å². The van der Waals surface area contributed by atoms with E-state index in [-0.39, 0.29) is 5.41 Å². The zero-order chi connectivity index (χ0) is 21.2. The molecule has 0 N–H and O–H groups in total. The number of hydrogen-bond donors (Lipinski definition) is 0. The molecule has 1 amide bonds. The van der Waals surface area contributed by atoms with Gasteiger partial charge in [-0.1, -0.05) is 12.1 Å². The Morgan fingerprint density at radius 3 is 2.16 bits per heavy atom. The molecule has 5 fully saturated rings. The van der Waals surface area contributed by atoms with Gasteiger partial charge in [0.1, 0.15) is 5.82 Å². The number of alkyl halides is 2. The fourth-order valence-electron chi connectivity index (χ4n) is 7.25. The number of nitrogens with zero attached hydrogens (tertiary/aromatic N) is 4. The van der Waals surface area contributed by atoms with E-state index in [1.165, 1.54) is 19.3 Å². The Morgan fingerprint density at radius 2 is 1.55 bits per heavy atom. The molecule has 2 aromatic rings. The minimum absolute atomic E-state index is 0.124. The topological polar surface area (TPSA) is 49.3 Å². The maximum Gasteiger partial charge on any atom is 0.297 e. The number of carbonyl (C=O) groups is 1. The number of para-hydroxylation sites is 1. The van der Waals surface area contributed by atoms with E-state index in [9.17, 15) is 13.6 Å². The number of piperazine rings is 1. The normalized spacial score (nSPS) is 32.3. The van der Waals surface area contributed by atoms with E-state index in [0.717, 1.165) is 42.4 Å². The van der Waals surface area contributed by atoms with E-state index in [1.807, 2.05) is 21.9 Å². The predicted octanol–water partition coefficient (Wildman–Crippen LogP) is 4.43. The molecule has 1 aromatic heterocycles. The summed E-state index contributed by atoms with van der Waals surface area (Å²) in [5, 5.41) is 0.785. The van der Waals surface area contributed by atoms with Gasteiger partial charge in [-0.15, -0.1) is 0 Å². The van der Waals surface area contributed by atoms with Crippen LogP contribution in [0.15, 0.2) is 24.3 Å². The Balaban J connectivity index is 1.22. The molecule has 4 saturated carbocycles. The van der Waals surface area contributed by atoms with Crippen molar-refractivity contribution in [1.82, 2.24) is 14.9 Å². The third-order valence-electron chi connectivity index (χ3n) is 8.15. The monoisotopic (exact) mass is 426 g/mol. The highest BCUT2D eigenvalue weighted by Gasteiger charge is 2.55. The highest BCUT2D eigenvalue weighted by molar-refractivity contribution is 5.90. The summed E-state index contributed by atoms with van der Waals surface area (Å²) in [6.07, 6.45) is 4.50. The number of fused-ring (bicyclic) bond motifs is 1. The van der Waals surface area contributed by atoms with E-state index in [2.05, 4.69) is 9.97 Å². The van der Waals surface area contributed by atoms with E-state index in [0.29, 0.717) is 43.4 Å². The van der Waals surface area contributed by atoms with Crippen molar-refractivity contribution >= 4 is 22.6 Å². The van der Waals surface area contributed by atoms with Crippen LogP contribution >= 0.6 is 0 Å². The SMILES string of the molecule is O=C(N1CCN(c2nc(C(F)F)nc3ccccc23)CC1)C12CC3CC(CC(C3)C1)C2. The molecule has 5 aliphatic rings. The van der Waals surface area contributed by atoms with Gasteiger partial charge in [0.25, 0.3) is 6.43 Å². The maximum atomic E-state index is 13.6. The molecule has 7 heteroatoms. The fraction of sp³-hybridized carbons (Fsp3) is 0.625. The average Bonchev–Trinajstić information content (AvgIpc) is 2.77. The number of benzene rings is 1. The molecule has 1 aliphatic heterocycles. The Morgan fingerprint density at radius 1 is 0.935 bits per heavy atom. The summed E-state index contributed by atoms with van der Waals surface area (Å²) in [7, 11) is 0. The van der Waals surface area contributed by atoms with E-state index < -0.39 is 12.2 Å². The first-order valence-electron chi connectivity index (χ1n) is 11.6. The zero-order valence-corrected chi connectivity index (χ0v) is 17.6. The number of halogens is 2. The van der Waals surface area contributed by atoms with E-state index >= 15 is 0 Å². The van der Waals surface area contributed by atoms with Crippen LogP contribution in [0.1, 0.15) is 50.8 Å². The van der Waals surface area contributed by atoms with Gasteiger partial charge in [0.05, 0.1) is 10.9 Å². The standard InChI is InChI=1S/C24H28F2N4O/c25-20(26)21-27-19-4-2-1-3-18(19)22(28-21)29-5-7-30(8-6-29)23(31)24-12-15-9-16(13-24)11-17(10-15)14-24/h1-4,15-17,20H,5-14H2. The highest BCUT2D eigenvalue weighted by Crippen LogP contribution is 2.60. The van der Waals surface area contributed by atoms with Gasteiger partial charge >= 0.3 is 0 Å². The van der Waals surface area contributed by atoms with Crippen molar-refractivity contribution in [2.45, 2.75) is 45.0 Å². The molecular formula is C24H28F2N4O. The minimum Gasteiger partial charge on any atom is -0.352 e. The van der Waals surface area contributed by atoms with Crippen molar-refractivity contribution < 1.29 is 13.6 Å².